The topological polar surface area (TPSA) is 94.1 Å². The number of urea groups is 1. The predicted octanol–water partition coefficient (Wildman–Crippen LogP) is 5.13. The Morgan fingerprint density at radius 2 is 1.77 bits per heavy atom. The summed E-state index contributed by atoms with van der Waals surface area (Å²) < 4.78 is 19.8. The molecule has 0 spiro atoms. The van der Waals surface area contributed by atoms with E-state index in [4.69, 9.17) is 4.74 Å². The molecule has 0 bridgehead atoms. The number of carbonyl (C=O) groups is 2. The van der Waals surface area contributed by atoms with Crippen LogP contribution in [-0.2, 0) is 11.2 Å². The van der Waals surface area contributed by atoms with Crippen molar-refractivity contribution in [3.63, 3.8) is 0 Å². The summed E-state index contributed by atoms with van der Waals surface area (Å²) in [5.74, 6) is 0.893. The maximum Gasteiger partial charge on any atom is 0.323 e. The Kier molecular flexibility index (Phi) is 10.4. The molecule has 218 valence electrons. The number of nitrogens with one attached hydrogen (secondary N) is 2. The maximum absolute atomic E-state index is 13.4. The number of hydrogen-bond donors (Lipinski definition) is 3. The van der Waals surface area contributed by atoms with Crippen molar-refractivity contribution >= 4 is 23.3 Å². The summed E-state index contributed by atoms with van der Waals surface area (Å²) in [5.41, 5.74) is 1.64. The van der Waals surface area contributed by atoms with Crippen molar-refractivity contribution in [2.24, 2.45) is 11.8 Å². The lowest BCUT2D eigenvalue weighted by atomic mass is 9.89. The number of fused-ring (bicyclic) bond motifs is 1. The average Bonchev–Trinajstić information content (AvgIpc) is 2.97. The summed E-state index contributed by atoms with van der Waals surface area (Å²) in [4.78, 5) is 30.1. The quantitative estimate of drug-likeness (QED) is 0.421. The zero-order chi connectivity index (χ0) is 28.6. The Bertz CT molecular complexity index is 1140. The Morgan fingerprint density at radius 1 is 1.10 bits per heavy atom. The van der Waals surface area contributed by atoms with Crippen LogP contribution >= 0.6 is 0 Å². The Hall–Kier alpha value is -3.17. The summed E-state index contributed by atoms with van der Waals surface area (Å²) >= 11 is 0. The number of rotatable bonds is 8. The first-order valence-corrected chi connectivity index (χ1v) is 14.4. The minimum Gasteiger partial charge on any atom is -0.488 e. The standard InChI is InChI=1S/C31H43FN4O4/c1-21-17-36(22(2)20-37)30(38)16-24-15-27(34-31(39)33-26-11-9-25(32)10-12-26)13-14-28(24)40-29(21)19-35(3)18-23-7-5-4-6-8-23/h9-15,21-23,29,37H,4-8,16-20H2,1-3H3,(H2,33,34,39)/t21-,22+,29+/m1/s1. The van der Waals surface area contributed by atoms with Gasteiger partial charge >= 0.3 is 6.03 Å². The lowest BCUT2D eigenvalue weighted by molar-refractivity contribution is -0.134. The number of halogens is 1. The molecule has 4 rings (SSSR count). The fourth-order valence-corrected chi connectivity index (χ4v) is 5.74. The van der Waals surface area contributed by atoms with Gasteiger partial charge in [0.1, 0.15) is 17.7 Å². The van der Waals surface area contributed by atoms with Gasteiger partial charge in [-0.25, -0.2) is 9.18 Å². The molecule has 3 amide bonds. The van der Waals surface area contributed by atoms with Crippen molar-refractivity contribution in [2.75, 3.05) is 43.9 Å². The smallest absolute Gasteiger partial charge is 0.323 e. The average molecular weight is 555 g/mol. The fourth-order valence-electron chi connectivity index (χ4n) is 5.74. The lowest BCUT2D eigenvalue weighted by Gasteiger charge is -2.35. The molecule has 1 aliphatic carbocycles. The predicted molar refractivity (Wildman–Crippen MR) is 155 cm³/mol. The fraction of sp³-hybridized carbons (Fsp3) is 0.548. The summed E-state index contributed by atoms with van der Waals surface area (Å²) in [6.07, 6.45) is 6.41. The monoisotopic (exact) mass is 554 g/mol. The van der Waals surface area contributed by atoms with Gasteiger partial charge in [0.2, 0.25) is 5.91 Å². The van der Waals surface area contributed by atoms with E-state index in [1.54, 1.807) is 17.0 Å². The summed E-state index contributed by atoms with van der Waals surface area (Å²) in [7, 11) is 2.14. The number of anilines is 2. The molecule has 0 saturated heterocycles. The normalized spacial score (nSPS) is 21.1. The third kappa shape index (κ3) is 8.17. The van der Waals surface area contributed by atoms with Gasteiger partial charge in [-0.2, -0.15) is 0 Å². The van der Waals surface area contributed by atoms with Gasteiger partial charge in [0, 0.05) is 42.5 Å². The van der Waals surface area contributed by atoms with Gasteiger partial charge in [-0.3, -0.25) is 4.79 Å². The first-order chi connectivity index (χ1) is 19.2. The molecule has 8 nitrogen and oxygen atoms in total. The van der Waals surface area contributed by atoms with Crippen LogP contribution in [0.1, 0.15) is 51.5 Å². The lowest BCUT2D eigenvalue weighted by Crippen LogP contribution is -2.48. The molecule has 2 aliphatic rings. The minimum absolute atomic E-state index is 0.0389. The van der Waals surface area contributed by atoms with Gasteiger partial charge in [-0.05, 0) is 75.2 Å². The highest BCUT2D eigenvalue weighted by molar-refractivity contribution is 5.99. The highest BCUT2D eigenvalue weighted by Crippen LogP contribution is 2.30. The zero-order valence-electron chi connectivity index (χ0n) is 23.9. The second-order valence-corrected chi connectivity index (χ2v) is 11.5. The van der Waals surface area contributed by atoms with Crippen LogP contribution in [0.15, 0.2) is 42.5 Å². The molecule has 1 saturated carbocycles. The first-order valence-electron chi connectivity index (χ1n) is 14.4. The van der Waals surface area contributed by atoms with Crippen molar-refractivity contribution in [3.8, 4) is 5.75 Å². The van der Waals surface area contributed by atoms with Gasteiger partial charge < -0.3 is 30.3 Å². The molecule has 1 aliphatic heterocycles. The third-order valence-electron chi connectivity index (χ3n) is 8.06. The number of nitrogens with zero attached hydrogens (tertiary/aromatic N) is 2. The van der Waals surface area contributed by atoms with Gasteiger partial charge in [-0.15, -0.1) is 0 Å². The number of aliphatic hydroxyl groups excluding tert-OH is 1. The zero-order valence-corrected chi connectivity index (χ0v) is 23.9. The van der Waals surface area contributed by atoms with Crippen LogP contribution in [0.2, 0.25) is 0 Å². The van der Waals surface area contributed by atoms with E-state index in [9.17, 15) is 19.1 Å². The van der Waals surface area contributed by atoms with Crippen molar-refractivity contribution in [1.82, 2.24) is 9.80 Å². The second kappa shape index (κ2) is 13.9. The Labute approximate surface area is 236 Å². The minimum atomic E-state index is -0.478. The molecule has 3 N–H and O–H groups in total. The molecule has 2 aromatic rings. The first kappa shape index (κ1) is 29.8. The van der Waals surface area contributed by atoms with E-state index in [-0.39, 0.29) is 42.8 Å². The number of ether oxygens (including phenoxy) is 1. The van der Waals surface area contributed by atoms with Crippen molar-refractivity contribution in [1.29, 1.82) is 0 Å². The van der Waals surface area contributed by atoms with E-state index in [0.29, 0.717) is 35.2 Å². The largest absolute Gasteiger partial charge is 0.488 e. The molecule has 1 fully saturated rings. The van der Waals surface area contributed by atoms with Crippen molar-refractivity contribution < 1.29 is 23.8 Å². The molecule has 9 heteroatoms. The molecule has 3 atom stereocenters. The van der Waals surface area contributed by atoms with Crippen LogP contribution < -0.4 is 15.4 Å². The van der Waals surface area contributed by atoms with Crippen LogP contribution in [0.5, 0.6) is 5.75 Å². The molecule has 0 unspecified atom stereocenters. The summed E-state index contributed by atoms with van der Waals surface area (Å²) in [6.45, 7) is 6.08. The van der Waals surface area contributed by atoms with E-state index in [2.05, 4.69) is 29.5 Å². The van der Waals surface area contributed by atoms with Crippen LogP contribution in [0.25, 0.3) is 0 Å². The molecule has 40 heavy (non-hydrogen) atoms. The van der Waals surface area contributed by atoms with Crippen LogP contribution in [-0.4, -0.2) is 72.3 Å². The number of amides is 3. The molecule has 2 aromatic carbocycles. The van der Waals surface area contributed by atoms with Crippen molar-refractivity contribution in [2.45, 2.75) is 64.5 Å². The number of carbonyl (C=O) groups excluding carboxylic acids is 2. The summed E-state index contributed by atoms with van der Waals surface area (Å²) in [6, 6.07) is 10.0. The number of likely N-dealkylation sites (N-methyl/N-ethyl adjacent to an activating group) is 1. The van der Waals surface area contributed by atoms with Gasteiger partial charge in [0.15, 0.2) is 0 Å². The second-order valence-electron chi connectivity index (χ2n) is 11.5. The maximum atomic E-state index is 13.4. The Morgan fingerprint density at radius 3 is 2.48 bits per heavy atom. The van der Waals surface area contributed by atoms with E-state index >= 15 is 0 Å². The summed E-state index contributed by atoms with van der Waals surface area (Å²) in [5, 5.41) is 15.4. The molecule has 1 heterocycles. The number of benzene rings is 2. The van der Waals surface area contributed by atoms with Crippen LogP contribution in [0.4, 0.5) is 20.6 Å². The third-order valence-corrected chi connectivity index (χ3v) is 8.06. The highest BCUT2D eigenvalue weighted by atomic mass is 19.1. The van der Waals surface area contributed by atoms with E-state index in [0.717, 1.165) is 13.1 Å². The molecule has 0 aromatic heterocycles. The molecular weight excluding hydrogens is 511 g/mol. The van der Waals surface area contributed by atoms with E-state index in [1.165, 1.54) is 56.4 Å². The van der Waals surface area contributed by atoms with Gasteiger partial charge in [0.05, 0.1) is 19.1 Å². The van der Waals surface area contributed by atoms with Gasteiger partial charge in [-0.1, -0.05) is 26.2 Å². The SMILES string of the molecule is C[C@@H]1CN([C@@H](C)CO)C(=O)Cc2cc(NC(=O)Nc3ccc(F)cc3)ccc2O[C@H]1CN(C)CC1CCCCC1. The Balaban J connectivity index is 1.53. The number of hydrogen-bond acceptors (Lipinski definition) is 5. The highest BCUT2D eigenvalue weighted by Gasteiger charge is 2.31. The van der Waals surface area contributed by atoms with Gasteiger partial charge in [0.25, 0.3) is 0 Å². The molecule has 0 radical (unpaired) electrons. The van der Waals surface area contributed by atoms with E-state index < -0.39 is 6.03 Å². The van der Waals surface area contributed by atoms with Crippen LogP contribution in [0, 0.1) is 17.7 Å². The van der Waals surface area contributed by atoms with Crippen molar-refractivity contribution in [3.05, 3.63) is 53.8 Å². The molecular formula is C31H43FN4O4. The van der Waals surface area contributed by atoms with Crippen LogP contribution in [0.3, 0.4) is 0 Å². The van der Waals surface area contributed by atoms with E-state index in [1.807, 2.05) is 13.0 Å². The number of aliphatic hydroxyl groups is 1.